The van der Waals surface area contributed by atoms with Gasteiger partial charge < -0.3 is 69.8 Å². The van der Waals surface area contributed by atoms with E-state index in [1.54, 1.807) is 96.9 Å². The van der Waals surface area contributed by atoms with Gasteiger partial charge in [0.25, 0.3) is 0 Å². The van der Waals surface area contributed by atoms with E-state index in [-0.39, 0.29) is 45.4 Å². The summed E-state index contributed by atoms with van der Waals surface area (Å²) in [6, 6.07) is -6.38. The Bertz CT molecular complexity index is 1950. The lowest BCUT2D eigenvalue weighted by molar-refractivity contribution is -0.157. The highest BCUT2D eigenvalue weighted by molar-refractivity contribution is 5.98. The largest absolute Gasteiger partial charge is 0.460 e. The van der Waals surface area contributed by atoms with Crippen molar-refractivity contribution in [2.24, 2.45) is 11.0 Å². The molecule has 27 heteroatoms. The number of hydrogen-bond donors (Lipinski definition) is 6. The monoisotopic (exact) mass is 1090 g/mol. The average Bonchev–Trinajstić information content (AvgIpc) is 3.25. The van der Waals surface area contributed by atoms with Gasteiger partial charge in [0.05, 0.1) is 78.7 Å². The van der Waals surface area contributed by atoms with E-state index in [1.807, 2.05) is 0 Å². The standard InChI is InChI=1S/C49H85N9O18/c1-31(2)41(57-43(66)32(15-16-37(61)73-46(3,4)5)55-44(67)34(54-36(60)30-53-58-50)28-40(64)76-49(12,13)14)45(68)56-33(27-39(63)75-48(9,10)11)42(65)52-29-35(59)51-18-20-70-22-24-72-26-25-71-23-21-69-19-17-38(62)74-47(6,7)8/h31-34,41H,15-30H2,1-14H3,(H,51,59)(H,52,65)(H,54,60)(H,55,67)(H,56,68)(H,57,66)/t32-,33-,34-,41-/m0/s1. The lowest BCUT2D eigenvalue weighted by Gasteiger charge is -2.28. The van der Waals surface area contributed by atoms with Crippen LogP contribution in [-0.4, -0.2) is 178 Å². The van der Waals surface area contributed by atoms with Crippen molar-refractivity contribution in [1.82, 2.24) is 31.9 Å². The van der Waals surface area contributed by atoms with Crippen LogP contribution in [0.2, 0.25) is 0 Å². The number of esters is 4. The molecule has 6 amide bonds. The van der Waals surface area contributed by atoms with Crippen LogP contribution in [-0.2, 0) is 85.8 Å². The van der Waals surface area contributed by atoms with Gasteiger partial charge in [-0.25, -0.2) is 0 Å². The molecule has 0 radical (unpaired) electrons. The van der Waals surface area contributed by atoms with E-state index in [2.05, 4.69) is 41.9 Å². The number of amides is 6. The minimum Gasteiger partial charge on any atom is -0.460 e. The van der Waals surface area contributed by atoms with Gasteiger partial charge in [-0.2, -0.15) is 0 Å². The molecule has 0 aliphatic carbocycles. The molecular weight excluding hydrogens is 1000 g/mol. The summed E-state index contributed by atoms with van der Waals surface area (Å²) < 4.78 is 43.0. The van der Waals surface area contributed by atoms with Gasteiger partial charge in [0.2, 0.25) is 35.4 Å². The molecular formula is C49H85N9O18. The maximum Gasteiger partial charge on any atom is 0.308 e. The zero-order chi connectivity index (χ0) is 58.3. The van der Waals surface area contributed by atoms with E-state index in [1.165, 1.54) is 0 Å². The maximum atomic E-state index is 14.1. The van der Waals surface area contributed by atoms with Crippen LogP contribution in [0.3, 0.4) is 0 Å². The van der Waals surface area contributed by atoms with E-state index in [9.17, 15) is 47.9 Å². The minimum absolute atomic E-state index is 0.0647. The summed E-state index contributed by atoms with van der Waals surface area (Å²) in [7, 11) is 0. The summed E-state index contributed by atoms with van der Waals surface area (Å²) in [4.78, 5) is 133. The number of azide groups is 1. The Balaban J connectivity index is 5.76. The molecule has 0 fully saturated rings. The van der Waals surface area contributed by atoms with Crippen LogP contribution in [0.5, 0.6) is 0 Å². The minimum atomic E-state index is -1.67. The van der Waals surface area contributed by atoms with Crippen molar-refractivity contribution >= 4 is 59.3 Å². The lowest BCUT2D eigenvalue weighted by Crippen LogP contribution is -2.60. The average molecular weight is 1090 g/mol. The van der Waals surface area contributed by atoms with Crippen molar-refractivity contribution in [2.75, 3.05) is 72.5 Å². The number of carbonyl (C=O) groups is 10. The molecule has 0 saturated heterocycles. The molecule has 0 aromatic rings. The number of carbonyl (C=O) groups excluding carboxylic acids is 10. The first kappa shape index (κ1) is 69.8. The Morgan fingerprint density at radius 1 is 0.461 bits per heavy atom. The van der Waals surface area contributed by atoms with E-state index >= 15 is 0 Å². The number of rotatable bonds is 35. The fraction of sp³-hybridized carbons (Fsp3) is 0.796. The number of nitrogens with zero attached hydrogens (tertiary/aromatic N) is 3. The molecule has 0 heterocycles. The highest BCUT2D eigenvalue weighted by Gasteiger charge is 2.36. The Labute approximate surface area is 445 Å². The summed E-state index contributed by atoms with van der Waals surface area (Å²) in [6.45, 7) is 23.6. The molecule has 0 spiro atoms. The fourth-order valence-electron chi connectivity index (χ4n) is 6.03. The highest BCUT2D eigenvalue weighted by atomic mass is 16.6. The zero-order valence-electron chi connectivity index (χ0n) is 46.9. The van der Waals surface area contributed by atoms with E-state index < -0.39 is 145 Å². The van der Waals surface area contributed by atoms with Gasteiger partial charge in [-0.3, -0.25) is 47.9 Å². The van der Waals surface area contributed by atoms with Crippen LogP contribution in [0.1, 0.15) is 129 Å². The highest BCUT2D eigenvalue weighted by Crippen LogP contribution is 2.15. The second kappa shape index (κ2) is 35.2. The molecule has 0 rings (SSSR count). The molecule has 6 N–H and O–H groups in total. The van der Waals surface area contributed by atoms with Gasteiger partial charge in [-0.15, -0.1) is 0 Å². The van der Waals surface area contributed by atoms with E-state index in [0.29, 0.717) is 26.4 Å². The van der Waals surface area contributed by atoms with Crippen molar-refractivity contribution in [3.8, 4) is 0 Å². The third kappa shape index (κ3) is 37.6. The van der Waals surface area contributed by atoms with E-state index in [0.717, 1.165) is 0 Å². The molecule has 0 aromatic heterocycles. The number of nitrogens with one attached hydrogen (secondary N) is 6. The van der Waals surface area contributed by atoms with Crippen LogP contribution in [0, 0.1) is 5.92 Å². The van der Waals surface area contributed by atoms with Crippen molar-refractivity contribution in [2.45, 2.75) is 176 Å². The maximum absolute atomic E-state index is 14.1. The second-order valence-corrected chi connectivity index (χ2v) is 21.4. The van der Waals surface area contributed by atoms with Crippen LogP contribution in [0.15, 0.2) is 5.11 Å². The Hall–Kier alpha value is -6.15. The Kier molecular flexibility index (Phi) is 32.4. The normalized spacial score (nSPS) is 13.3. The van der Waals surface area contributed by atoms with Crippen LogP contribution in [0.25, 0.3) is 10.4 Å². The molecule has 0 aliphatic rings. The van der Waals surface area contributed by atoms with Crippen LogP contribution < -0.4 is 31.9 Å². The molecule has 76 heavy (non-hydrogen) atoms. The first-order valence-electron chi connectivity index (χ1n) is 25.1. The predicted octanol–water partition coefficient (Wildman–Crippen LogP) is 1.51. The molecule has 4 atom stereocenters. The fourth-order valence-corrected chi connectivity index (χ4v) is 6.03. The van der Waals surface area contributed by atoms with Gasteiger partial charge in [0, 0.05) is 17.9 Å². The molecule has 0 aromatic carbocycles. The summed E-state index contributed by atoms with van der Waals surface area (Å²) in [5, 5.41) is 17.8. The van der Waals surface area contributed by atoms with Crippen LogP contribution in [0.4, 0.5) is 0 Å². The van der Waals surface area contributed by atoms with Gasteiger partial charge in [-0.05, 0) is 101 Å². The molecule has 0 saturated carbocycles. The lowest BCUT2D eigenvalue weighted by atomic mass is 10.0. The van der Waals surface area contributed by atoms with Crippen LogP contribution >= 0.6 is 0 Å². The smallest absolute Gasteiger partial charge is 0.308 e. The predicted molar refractivity (Wildman–Crippen MR) is 272 cm³/mol. The third-order valence-corrected chi connectivity index (χ3v) is 9.06. The number of hydrogen-bond acceptors (Lipinski definition) is 19. The summed E-state index contributed by atoms with van der Waals surface area (Å²) >= 11 is 0. The molecule has 0 bridgehead atoms. The first-order chi connectivity index (χ1) is 35.1. The quantitative estimate of drug-likeness (QED) is 0.0131. The topological polar surface area (TPSA) is 365 Å². The summed E-state index contributed by atoms with van der Waals surface area (Å²) in [6.07, 6.45) is -2.12. The zero-order valence-corrected chi connectivity index (χ0v) is 46.9. The molecule has 0 unspecified atom stereocenters. The Morgan fingerprint density at radius 2 is 0.868 bits per heavy atom. The van der Waals surface area contributed by atoms with E-state index in [4.69, 9.17) is 43.4 Å². The van der Waals surface area contributed by atoms with Crippen molar-refractivity contribution in [1.29, 1.82) is 0 Å². The van der Waals surface area contributed by atoms with Gasteiger partial charge in [0.15, 0.2) is 0 Å². The Morgan fingerprint density at radius 3 is 1.33 bits per heavy atom. The first-order valence-corrected chi connectivity index (χ1v) is 25.1. The van der Waals surface area contributed by atoms with Gasteiger partial charge in [0.1, 0.15) is 53.1 Å². The van der Waals surface area contributed by atoms with Crippen molar-refractivity contribution in [3.05, 3.63) is 10.4 Å². The third-order valence-electron chi connectivity index (χ3n) is 9.06. The number of ether oxygens (including phenoxy) is 8. The second-order valence-electron chi connectivity index (χ2n) is 21.4. The van der Waals surface area contributed by atoms with Crippen molar-refractivity contribution < 1.29 is 85.8 Å². The molecule has 0 aliphatic heterocycles. The summed E-state index contributed by atoms with van der Waals surface area (Å²) in [5.41, 5.74) is 5.23. The SMILES string of the molecule is CC(C)[C@H](NC(=O)[C@H](CCC(=O)OC(C)(C)C)NC(=O)[C@H](CC(=O)OC(C)(C)C)NC(=O)CN=[N+]=[N-])C(=O)N[C@@H](CC(=O)OC(C)(C)C)C(=O)NCC(=O)NCCOCCOCCOCCOCCC(=O)OC(C)(C)C. The molecule has 434 valence electrons. The van der Waals surface area contributed by atoms with Crippen molar-refractivity contribution in [3.63, 3.8) is 0 Å². The molecule has 27 nitrogen and oxygen atoms in total. The summed E-state index contributed by atoms with van der Waals surface area (Å²) in [5.74, 6) is -9.19. The van der Waals surface area contributed by atoms with Gasteiger partial charge in [-0.1, -0.05) is 19.0 Å². The van der Waals surface area contributed by atoms with Gasteiger partial charge >= 0.3 is 23.9 Å².